The van der Waals surface area contributed by atoms with Gasteiger partial charge in [0.2, 0.25) is 0 Å². The summed E-state index contributed by atoms with van der Waals surface area (Å²) < 4.78 is 0. The Morgan fingerprint density at radius 2 is 1.28 bits per heavy atom. The maximum absolute atomic E-state index is 11.6. The van der Waals surface area contributed by atoms with Crippen molar-refractivity contribution in [2.45, 2.75) is 39.7 Å². The highest BCUT2D eigenvalue weighted by Gasteiger charge is 2.35. The molecule has 2 heteroatoms. The molecule has 1 unspecified atom stereocenters. The Labute approximate surface area is 195 Å². The Balaban J connectivity index is 1.96. The van der Waals surface area contributed by atoms with Crippen LogP contribution in [-0.4, -0.2) is 5.11 Å². The number of benzene rings is 4. The predicted molar refractivity (Wildman–Crippen MR) is 135 cm³/mol. The van der Waals surface area contributed by atoms with Gasteiger partial charge in [-0.15, -0.1) is 0 Å². The minimum absolute atomic E-state index is 0.639. The highest BCUT2D eigenvalue weighted by Crippen LogP contribution is 2.54. The summed E-state index contributed by atoms with van der Waals surface area (Å²) >= 11 is 6.23. The van der Waals surface area contributed by atoms with Crippen LogP contribution in [0.1, 0.15) is 47.8 Å². The van der Waals surface area contributed by atoms with Crippen molar-refractivity contribution in [1.29, 1.82) is 0 Å². The van der Waals surface area contributed by atoms with Gasteiger partial charge in [-0.25, -0.2) is 0 Å². The topological polar surface area (TPSA) is 20.2 Å². The molecule has 1 nitrogen and oxygen atoms in total. The van der Waals surface area contributed by atoms with E-state index in [1.807, 2.05) is 18.2 Å². The minimum Gasteiger partial charge on any atom is -0.384 e. The molecule has 0 saturated carbocycles. The normalized spacial score (nSPS) is 14.3. The van der Waals surface area contributed by atoms with Crippen LogP contribution in [0.2, 0.25) is 5.02 Å². The highest BCUT2D eigenvalue weighted by molar-refractivity contribution is 6.30. The second-order valence-corrected chi connectivity index (χ2v) is 9.00. The number of rotatable bonds is 4. The monoisotopic (exact) mass is 438 g/mol. The molecule has 32 heavy (non-hydrogen) atoms. The van der Waals surface area contributed by atoms with Crippen LogP contribution in [0.4, 0.5) is 0 Å². The van der Waals surface area contributed by atoms with E-state index in [0.29, 0.717) is 0 Å². The van der Waals surface area contributed by atoms with E-state index in [-0.39, 0.29) is 0 Å². The summed E-state index contributed by atoms with van der Waals surface area (Å²) in [6.07, 6.45) is 1.19. The third-order valence-electron chi connectivity index (χ3n) is 6.73. The fraction of sp³-hybridized carbons (Fsp3) is 0.200. The van der Waals surface area contributed by atoms with Gasteiger partial charge >= 0.3 is 0 Å². The Hall–Kier alpha value is -2.87. The van der Waals surface area contributed by atoms with E-state index in [0.717, 1.165) is 40.1 Å². The van der Waals surface area contributed by atoms with Crippen molar-refractivity contribution in [3.8, 4) is 33.4 Å². The number of halogens is 1. The van der Waals surface area contributed by atoms with Crippen molar-refractivity contribution in [3.05, 3.63) is 106 Å². The van der Waals surface area contributed by atoms with E-state index in [1.165, 1.54) is 38.9 Å². The van der Waals surface area contributed by atoms with Gasteiger partial charge in [0, 0.05) is 10.6 Å². The molecule has 1 aliphatic rings. The summed E-state index contributed by atoms with van der Waals surface area (Å²) in [5, 5.41) is 12.3. The Bertz CT molecular complexity index is 1300. The average molecular weight is 439 g/mol. The van der Waals surface area contributed by atoms with Crippen molar-refractivity contribution in [1.82, 2.24) is 0 Å². The zero-order valence-corrected chi connectivity index (χ0v) is 19.5. The third kappa shape index (κ3) is 3.20. The molecule has 0 fully saturated rings. The van der Waals surface area contributed by atoms with Crippen molar-refractivity contribution in [3.63, 3.8) is 0 Å². The summed E-state index contributed by atoms with van der Waals surface area (Å²) in [5.41, 5.74) is 13.0. The van der Waals surface area contributed by atoms with Crippen LogP contribution in [0, 0.1) is 6.92 Å². The number of aliphatic hydroxyl groups excluding tert-OH is 1. The molecule has 0 bridgehead atoms. The molecular formula is C30H27ClO. The van der Waals surface area contributed by atoms with Gasteiger partial charge in [0.05, 0.1) is 0 Å². The standard InChI is InChI=1S/C30H27ClO/c1-4-22-23(5-2)27(19-12-10-18(3)11-13-19)29-28(24-8-6-7-9-25(24)30(29)32)26(22)20-14-16-21(31)17-15-20/h6-17,30,32H,4-5H2,1-3H3. The molecule has 1 aliphatic carbocycles. The lowest BCUT2D eigenvalue weighted by Crippen LogP contribution is -2.06. The molecule has 0 aromatic heterocycles. The van der Waals surface area contributed by atoms with Crippen molar-refractivity contribution >= 4 is 11.6 Å². The second kappa shape index (κ2) is 8.24. The molecule has 5 rings (SSSR count). The van der Waals surface area contributed by atoms with E-state index < -0.39 is 6.10 Å². The third-order valence-corrected chi connectivity index (χ3v) is 6.99. The summed E-state index contributed by atoms with van der Waals surface area (Å²) in [6.45, 7) is 6.57. The average Bonchev–Trinajstić information content (AvgIpc) is 3.11. The summed E-state index contributed by atoms with van der Waals surface area (Å²) in [7, 11) is 0. The second-order valence-electron chi connectivity index (χ2n) is 8.57. The van der Waals surface area contributed by atoms with Gasteiger partial charge in [-0.3, -0.25) is 0 Å². The summed E-state index contributed by atoms with van der Waals surface area (Å²) in [6, 6.07) is 25.1. The van der Waals surface area contributed by atoms with Gasteiger partial charge in [-0.1, -0.05) is 91.7 Å². The number of fused-ring (bicyclic) bond motifs is 3. The lowest BCUT2D eigenvalue weighted by Gasteiger charge is -2.25. The molecule has 4 aromatic rings. The van der Waals surface area contributed by atoms with Gasteiger partial charge in [0.1, 0.15) is 6.10 Å². The molecule has 0 radical (unpaired) electrons. The summed E-state index contributed by atoms with van der Waals surface area (Å²) in [5.74, 6) is 0. The van der Waals surface area contributed by atoms with Crippen LogP contribution in [0.3, 0.4) is 0 Å². The van der Waals surface area contributed by atoms with E-state index in [2.05, 4.69) is 75.4 Å². The molecule has 1 N–H and O–H groups in total. The molecule has 0 saturated heterocycles. The predicted octanol–water partition coefficient (Wildman–Crippen LogP) is 8.17. The maximum atomic E-state index is 11.6. The molecule has 0 amide bonds. The van der Waals surface area contributed by atoms with Gasteiger partial charge in [0.25, 0.3) is 0 Å². The maximum Gasteiger partial charge on any atom is 0.106 e. The smallest absolute Gasteiger partial charge is 0.106 e. The van der Waals surface area contributed by atoms with Crippen LogP contribution in [0.25, 0.3) is 33.4 Å². The number of hydrogen-bond acceptors (Lipinski definition) is 1. The van der Waals surface area contributed by atoms with E-state index in [1.54, 1.807) is 0 Å². The first kappa shape index (κ1) is 21.0. The van der Waals surface area contributed by atoms with Crippen molar-refractivity contribution in [2.75, 3.05) is 0 Å². The van der Waals surface area contributed by atoms with Crippen LogP contribution in [0.15, 0.2) is 72.8 Å². The van der Waals surface area contributed by atoms with Crippen molar-refractivity contribution in [2.24, 2.45) is 0 Å². The number of aliphatic hydroxyl groups is 1. The quantitative estimate of drug-likeness (QED) is 0.340. The van der Waals surface area contributed by atoms with Crippen LogP contribution in [0.5, 0.6) is 0 Å². The lowest BCUT2D eigenvalue weighted by molar-refractivity contribution is 0.225. The lowest BCUT2D eigenvalue weighted by atomic mass is 9.79. The number of aryl methyl sites for hydroxylation is 1. The fourth-order valence-corrected chi connectivity index (χ4v) is 5.44. The molecule has 1 atom stereocenters. The first-order chi connectivity index (χ1) is 15.5. The van der Waals surface area contributed by atoms with Crippen LogP contribution in [-0.2, 0) is 12.8 Å². The Morgan fingerprint density at radius 3 is 1.94 bits per heavy atom. The SMILES string of the molecule is CCc1c(CC)c(-c2ccc(C)cc2)c2c(c1-c1ccc(Cl)cc1)-c1ccccc1C2O. The zero-order chi connectivity index (χ0) is 22.4. The fourth-order valence-electron chi connectivity index (χ4n) is 5.31. The van der Waals surface area contributed by atoms with E-state index >= 15 is 0 Å². The summed E-state index contributed by atoms with van der Waals surface area (Å²) in [4.78, 5) is 0. The highest BCUT2D eigenvalue weighted by atomic mass is 35.5. The number of hydrogen-bond donors (Lipinski definition) is 1. The molecule has 160 valence electrons. The Kier molecular flexibility index (Phi) is 5.41. The van der Waals surface area contributed by atoms with Crippen molar-refractivity contribution < 1.29 is 5.11 Å². The molecular weight excluding hydrogens is 412 g/mol. The zero-order valence-electron chi connectivity index (χ0n) is 18.7. The minimum atomic E-state index is -0.639. The van der Waals surface area contributed by atoms with E-state index in [4.69, 9.17) is 11.6 Å². The van der Waals surface area contributed by atoms with Gasteiger partial charge in [0.15, 0.2) is 0 Å². The molecule has 0 heterocycles. The molecule has 0 spiro atoms. The molecule has 4 aromatic carbocycles. The van der Waals surface area contributed by atoms with Crippen LogP contribution < -0.4 is 0 Å². The van der Waals surface area contributed by atoms with Crippen LogP contribution >= 0.6 is 11.6 Å². The largest absolute Gasteiger partial charge is 0.384 e. The molecule has 0 aliphatic heterocycles. The van der Waals surface area contributed by atoms with Gasteiger partial charge < -0.3 is 5.11 Å². The first-order valence-corrected chi connectivity index (χ1v) is 11.7. The first-order valence-electron chi connectivity index (χ1n) is 11.4. The van der Waals surface area contributed by atoms with Gasteiger partial charge in [-0.05, 0) is 82.0 Å². The van der Waals surface area contributed by atoms with E-state index in [9.17, 15) is 5.11 Å². The Morgan fingerprint density at radius 1 is 0.719 bits per heavy atom. The van der Waals surface area contributed by atoms with Gasteiger partial charge in [-0.2, -0.15) is 0 Å².